The van der Waals surface area contributed by atoms with Gasteiger partial charge in [-0.15, -0.1) is 0 Å². The van der Waals surface area contributed by atoms with Gasteiger partial charge in [0.05, 0.1) is 23.0 Å². The zero-order valence-electron chi connectivity index (χ0n) is 14.0. The third kappa shape index (κ3) is 2.68. The molecule has 1 aliphatic heterocycles. The summed E-state index contributed by atoms with van der Waals surface area (Å²) in [6, 6.07) is 5.45. The lowest BCUT2D eigenvalue weighted by molar-refractivity contribution is -0.0165. The quantitative estimate of drug-likeness (QED) is 0.864. The van der Waals surface area contributed by atoms with Gasteiger partial charge in [-0.1, -0.05) is 6.58 Å². The van der Waals surface area contributed by atoms with Gasteiger partial charge < -0.3 is 9.75 Å². The Morgan fingerprint density at radius 3 is 2.71 bits per heavy atom. The number of hydrogen-bond acceptors (Lipinski definition) is 5. The van der Waals surface area contributed by atoms with E-state index in [0.717, 1.165) is 18.2 Å². The second-order valence-corrected chi connectivity index (χ2v) is 6.27. The number of rotatable bonds is 3. The van der Waals surface area contributed by atoms with Crippen LogP contribution in [0.3, 0.4) is 0 Å². The van der Waals surface area contributed by atoms with Crippen LogP contribution < -0.4 is 10.6 Å². The molecule has 0 bridgehead atoms. The topological polar surface area (TPSA) is 71.2 Å². The standard InChI is InChI=1S/C18H20N4O2/c1-4-15-10-13-9-14(11-19)17(23)22(16(13)12-20-15)21-7-5-18(2,24-3)6-8-21/h4,9-10,12H,1,5-8H2,2-3H3. The normalized spacial score (nSPS) is 16.8. The van der Waals surface area contributed by atoms with Crippen molar-refractivity contribution < 1.29 is 4.74 Å². The molecule has 3 heterocycles. The molecule has 2 aromatic heterocycles. The summed E-state index contributed by atoms with van der Waals surface area (Å²) in [5.41, 5.74) is 1.06. The molecule has 0 N–H and O–H groups in total. The van der Waals surface area contributed by atoms with Gasteiger partial charge in [-0.25, -0.2) is 4.68 Å². The van der Waals surface area contributed by atoms with Crippen molar-refractivity contribution in [3.05, 3.63) is 46.5 Å². The van der Waals surface area contributed by atoms with Gasteiger partial charge in [-0.05, 0) is 38.0 Å². The average Bonchev–Trinajstić information content (AvgIpc) is 2.62. The van der Waals surface area contributed by atoms with Gasteiger partial charge in [0.15, 0.2) is 0 Å². The first kappa shape index (κ1) is 16.2. The Hall–Kier alpha value is -2.65. The minimum absolute atomic E-state index is 0.129. The van der Waals surface area contributed by atoms with Gasteiger partial charge in [0.25, 0.3) is 5.56 Å². The Labute approximate surface area is 140 Å². The number of aromatic nitrogens is 2. The minimum Gasteiger partial charge on any atom is -0.378 e. The number of piperidine rings is 1. The third-order valence-corrected chi connectivity index (χ3v) is 4.79. The van der Waals surface area contributed by atoms with Crippen LogP contribution >= 0.6 is 0 Å². The maximum absolute atomic E-state index is 12.7. The molecule has 0 aliphatic carbocycles. The van der Waals surface area contributed by atoms with Crippen LogP contribution in [0.2, 0.25) is 0 Å². The van der Waals surface area contributed by atoms with Crippen molar-refractivity contribution in [1.82, 2.24) is 9.66 Å². The molecule has 6 nitrogen and oxygen atoms in total. The van der Waals surface area contributed by atoms with Crippen LogP contribution in [0, 0.1) is 11.3 Å². The fraction of sp³-hybridized carbons (Fsp3) is 0.389. The van der Waals surface area contributed by atoms with Crippen molar-refractivity contribution in [1.29, 1.82) is 5.26 Å². The lowest BCUT2D eigenvalue weighted by atomic mass is 9.94. The lowest BCUT2D eigenvalue weighted by Crippen LogP contribution is -2.52. The number of hydrogen-bond donors (Lipinski definition) is 0. The fourth-order valence-electron chi connectivity index (χ4n) is 3.06. The van der Waals surface area contributed by atoms with Crippen LogP contribution in [0.25, 0.3) is 17.0 Å². The molecule has 0 spiro atoms. The molecule has 0 saturated carbocycles. The van der Waals surface area contributed by atoms with Crippen molar-refractivity contribution in [2.24, 2.45) is 0 Å². The van der Waals surface area contributed by atoms with E-state index in [4.69, 9.17) is 4.74 Å². The number of pyridine rings is 2. The SMILES string of the molecule is C=Cc1cc2cc(C#N)c(=O)n(N3CCC(C)(OC)CC3)c2cn1. The van der Waals surface area contributed by atoms with Crippen molar-refractivity contribution >= 4 is 17.0 Å². The monoisotopic (exact) mass is 324 g/mol. The highest BCUT2D eigenvalue weighted by atomic mass is 16.5. The predicted molar refractivity (Wildman–Crippen MR) is 93.4 cm³/mol. The zero-order valence-corrected chi connectivity index (χ0v) is 14.0. The molecule has 1 aliphatic rings. The highest BCUT2D eigenvalue weighted by Crippen LogP contribution is 2.25. The Balaban J connectivity index is 2.13. The number of nitrogens with zero attached hydrogens (tertiary/aromatic N) is 4. The Morgan fingerprint density at radius 1 is 1.42 bits per heavy atom. The van der Waals surface area contributed by atoms with Crippen molar-refractivity contribution in [3.8, 4) is 6.07 Å². The van der Waals surface area contributed by atoms with Gasteiger partial charge in [0.1, 0.15) is 11.6 Å². The van der Waals surface area contributed by atoms with E-state index in [0.29, 0.717) is 24.3 Å². The molecule has 0 atom stereocenters. The first-order valence-electron chi connectivity index (χ1n) is 7.90. The fourth-order valence-corrected chi connectivity index (χ4v) is 3.06. The maximum Gasteiger partial charge on any atom is 0.287 e. The zero-order chi connectivity index (χ0) is 17.3. The van der Waals surface area contributed by atoms with Crippen LogP contribution in [0.1, 0.15) is 31.0 Å². The number of ether oxygens (including phenoxy) is 1. The second-order valence-electron chi connectivity index (χ2n) is 6.27. The molecule has 0 radical (unpaired) electrons. The molecule has 0 unspecified atom stereocenters. The van der Waals surface area contributed by atoms with Gasteiger partial charge in [0, 0.05) is 25.6 Å². The van der Waals surface area contributed by atoms with E-state index in [1.54, 1.807) is 30.1 Å². The largest absolute Gasteiger partial charge is 0.378 e. The van der Waals surface area contributed by atoms with Gasteiger partial charge in [0.2, 0.25) is 0 Å². The molecule has 24 heavy (non-hydrogen) atoms. The lowest BCUT2D eigenvalue weighted by Gasteiger charge is -2.40. The molecule has 1 saturated heterocycles. The van der Waals surface area contributed by atoms with Crippen LogP contribution in [-0.2, 0) is 4.74 Å². The summed E-state index contributed by atoms with van der Waals surface area (Å²) in [6.07, 6.45) is 4.93. The molecule has 0 amide bonds. The average molecular weight is 324 g/mol. The molecule has 124 valence electrons. The predicted octanol–water partition coefficient (Wildman–Crippen LogP) is 2.05. The number of methoxy groups -OCH3 is 1. The van der Waals surface area contributed by atoms with Crippen LogP contribution in [0.15, 0.2) is 29.7 Å². The summed E-state index contributed by atoms with van der Waals surface area (Å²) >= 11 is 0. The molecule has 6 heteroatoms. The summed E-state index contributed by atoms with van der Waals surface area (Å²) in [6.45, 7) is 7.15. The molecular formula is C18H20N4O2. The second kappa shape index (κ2) is 6.10. The molecular weight excluding hydrogens is 304 g/mol. The van der Waals surface area contributed by atoms with E-state index in [1.165, 1.54) is 0 Å². The molecule has 0 aromatic carbocycles. The van der Waals surface area contributed by atoms with Crippen LogP contribution in [0.4, 0.5) is 0 Å². The van der Waals surface area contributed by atoms with Crippen LogP contribution in [0.5, 0.6) is 0 Å². The first-order chi connectivity index (χ1) is 11.5. The van der Waals surface area contributed by atoms with Gasteiger partial charge >= 0.3 is 0 Å². The van der Waals surface area contributed by atoms with E-state index < -0.39 is 0 Å². The third-order valence-electron chi connectivity index (χ3n) is 4.79. The Kier molecular flexibility index (Phi) is 4.12. The van der Waals surface area contributed by atoms with Crippen LogP contribution in [-0.4, -0.2) is 35.5 Å². The highest BCUT2D eigenvalue weighted by Gasteiger charge is 2.31. The molecule has 1 fully saturated rings. The Bertz CT molecular complexity index is 886. The van der Waals surface area contributed by atoms with Crippen molar-refractivity contribution in [3.63, 3.8) is 0 Å². The summed E-state index contributed by atoms with van der Waals surface area (Å²) in [7, 11) is 1.72. The van der Waals surface area contributed by atoms with Crippen molar-refractivity contribution in [2.75, 3.05) is 25.2 Å². The summed E-state index contributed by atoms with van der Waals surface area (Å²) in [5, 5.41) is 12.1. The first-order valence-corrected chi connectivity index (χ1v) is 7.90. The molecule has 3 rings (SSSR count). The smallest absolute Gasteiger partial charge is 0.287 e. The van der Waals surface area contributed by atoms with E-state index in [-0.39, 0.29) is 16.7 Å². The summed E-state index contributed by atoms with van der Waals surface area (Å²) in [5.74, 6) is 0. The van der Waals surface area contributed by atoms with Gasteiger partial charge in [-0.2, -0.15) is 5.26 Å². The van der Waals surface area contributed by atoms with Crippen molar-refractivity contribution in [2.45, 2.75) is 25.4 Å². The van der Waals surface area contributed by atoms with E-state index in [9.17, 15) is 10.1 Å². The maximum atomic E-state index is 12.7. The summed E-state index contributed by atoms with van der Waals surface area (Å²) < 4.78 is 7.15. The van der Waals surface area contributed by atoms with E-state index >= 15 is 0 Å². The summed E-state index contributed by atoms with van der Waals surface area (Å²) in [4.78, 5) is 17.0. The van der Waals surface area contributed by atoms with Gasteiger partial charge in [-0.3, -0.25) is 9.78 Å². The highest BCUT2D eigenvalue weighted by molar-refractivity contribution is 5.81. The minimum atomic E-state index is -0.306. The Morgan fingerprint density at radius 2 is 2.12 bits per heavy atom. The van der Waals surface area contributed by atoms with E-state index in [2.05, 4.69) is 18.5 Å². The van der Waals surface area contributed by atoms with E-state index in [1.807, 2.05) is 17.1 Å². The number of fused-ring (bicyclic) bond motifs is 1. The number of nitriles is 1. The molecule has 2 aromatic rings.